The molecule has 0 radical (unpaired) electrons. The van der Waals surface area contributed by atoms with E-state index in [2.05, 4.69) is 32.9 Å². The van der Waals surface area contributed by atoms with Crippen LogP contribution in [0.3, 0.4) is 0 Å². The standard InChI is InChI=1S/C37H38B2N/c1-23-20-26(4)28(6)30(21-23)37-29(7)36(27(5)22-40(37)8)39-33-18-11-9-16-31(33)38(32-17-10-12-19-34(32)39)35-24(2)14-13-15-25(35)3/h9-22H,1-8H3/q+1/i2D3,3D3,5D3. The van der Waals surface area contributed by atoms with E-state index < -0.39 is 34.0 Å². The molecule has 1 aliphatic heterocycles. The van der Waals surface area contributed by atoms with E-state index in [1.54, 1.807) is 6.20 Å². The smallest absolute Gasteiger partial charge is 0.201 e. The Morgan fingerprint density at radius 1 is 0.575 bits per heavy atom. The lowest BCUT2D eigenvalue weighted by molar-refractivity contribution is -0.660. The van der Waals surface area contributed by atoms with Gasteiger partial charge in [0.25, 0.3) is 0 Å². The Hall–Kier alpha value is -3.84. The number of aryl methyl sites for hydroxylation is 6. The first-order chi connectivity index (χ1) is 22.8. The third-order valence-electron chi connectivity index (χ3n) is 8.71. The molecule has 0 atom stereocenters. The predicted octanol–water partition coefficient (Wildman–Crippen LogP) is 3.68. The molecule has 0 fully saturated rings. The van der Waals surface area contributed by atoms with E-state index in [4.69, 9.17) is 12.3 Å². The highest BCUT2D eigenvalue weighted by Crippen LogP contribution is 2.27. The van der Waals surface area contributed by atoms with Gasteiger partial charge in [-0.2, -0.15) is 0 Å². The molecule has 0 saturated carbocycles. The number of pyridine rings is 1. The van der Waals surface area contributed by atoms with Crippen LogP contribution in [-0.2, 0) is 7.05 Å². The number of rotatable bonds is 3. The fraction of sp³-hybridized carbons (Fsp3) is 0.216. The van der Waals surface area contributed by atoms with Crippen molar-refractivity contribution in [2.75, 3.05) is 0 Å². The Morgan fingerprint density at radius 2 is 1.10 bits per heavy atom. The molecule has 0 aliphatic carbocycles. The van der Waals surface area contributed by atoms with E-state index in [0.717, 1.165) is 55.4 Å². The lowest BCUT2D eigenvalue weighted by Gasteiger charge is -2.34. The van der Waals surface area contributed by atoms with E-state index in [-0.39, 0.29) is 22.2 Å². The zero-order valence-corrected chi connectivity index (χ0v) is 23.7. The Balaban J connectivity index is 1.75. The van der Waals surface area contributed by atoms with E-state index in [1.807, 2.05) is 67.1 Å². The van der Waals surface area contributed by atoms with Crippen LogP contribution in [0, 0.1) is 48.3 Å². The third kappa shape index (κ3) is 4.06. The molecule has 1 aliphatic rings. The molecule has 6 rings (SSSR count). The van der Waals surface area contributed by atoms with Crippen LogP contribution < -0.4 is 37.3 Å². The summed E-state index contributed by atoms with van der Waals surface area (Å²) in [5.74, 6) is 0. The highest BCUT2D eigenvalue weighted by molar-refractivity contribution is 7.11. The minimum absolute atomic E-state index is 0.00661. The van der Waals surface area contributed by atoms with Crippen molar-refractivity contribution < 1.29 is 16.9 Å². The maximum absolute atomic E-state index is 8.74. The minimum atomic E-state index is -2.57. The molecule has 0 bridgehead atoms. The maximum Gasteiger partial charge on any atom is 0.241 e. The topological polar surface area (TPSA) is 3.88 Å². The normalized spacial score (nSPS) is 16.7. The lowest BCUT2D eigenvalue weighted by atomic mass is 9.20. The maximum atomic E-state index is 8.74. The van der Waals surface area contributed by atoms with Gasteiger partial charge in [0.1, 0.15) is 7.05 Å². The van der Waals surface area contributed by atoms with Gasteiger partial charge in [0.15, 0.2) is 6.20 Å². The molecule has 0 unspecified atom stereocenters. The van der Waals surface area contributed by atoms with E-state index in [0.29, 0.717) is 5.46 Å². The van der Waals surface area contributed by atoms with Crippen molar-refractivity contribution in [2.24, 2.45) is 7.05 Å². The largest absolute Gasteiger partial charge is 0.241 e. The fourth-order valence-corrected chi connectivity index (χ4v) is 6.88. The molecule has 2 heterocycles. The Morgan fingerprint density at radius 3 is 1.62 bits per heavy atom. The minimum Gasteiger partial charge on any atom is -0.201 e. The van der Waals surface area contributed by atoms with Crippen LogP contribution >= 0.6 is 0 Å². The summed E-state index contributed by atoms with van der Waals surface area (Å²) in [5, 5.41) is 0. The summed E-state index contributed by atoms with van der Waals surface area (Å²) in [6.07, 6.45) is 1.73. The number of hydrogen-bond acceptors (Lipinski definition) is 0. The van der Waals surface area contributed by atoms with E-state index >= 15 is 0 Å². The van der Waals surface area contributed by atoms with Gasteiger partial charge in [0, 0.05) is 29.0 Å². The molecule has 3 heteroatoms. The van der Waals surface area contributed by atoms with Gasteiger partial charge in [0.05, 0.1) is 0 Å². The molecule has 1 aromatic heterocycles. The van der Waals surface area contributed by atoms with Crippen molar-refractivity contribution in [3.05, 3.63) is 124 Å². The highest BCUT2D eigenvalue weighted by Gasteiger charge is 2.41. The monoisotopic (exact) mass is 527 g/mol. The molecule has 0 amide bonds. The van der Waals surface area contributed by atoms with E-state index in [9.17, 15) is 0 Å². The Bertz CT molecular complexity index is 2030. The molecule has 4 aromatic carbocycles. The lowest BCUT2D eigenvalue weighted by Crippen LogP contribution is -2.76. The average molecular weight is 527 g/mol. The van der Waals surface area contributed by atoms with Crippen molar-refractivity contribution in [1.82, 2.24) is 0 Å². The number of fused-ring (bicyclic) bond motifs is 2. The SMILES string of the molecule is [2H]C([2H])([2H])c1cccc(C([2H])([2H])[2H])c1B1c2ccccc2B(c2c(C([2H])([2H])[2H])c[n+](C)c(-c3cc(C)cc(C)c3C)c2C)c2ccccc21. The van der Waals surface area contributed by atoms with Gasteiger partial charge in [-0.1, -0.05) is 122 Å². The van der Waals surface area contributed by atoms with Crippen molar-refractivity contribution in [3.8, 4) is 11.3 Å². The second-order valence-corrected chi connectivity index (χ2v) is 11.2. The summed E-state index contributed by atoms with van der Waals surface area (Å²) >= 11 is 0. The first-order valence-corrected chi connectivity index (χ1v) is 13.8. The summed E-state index contributed by atoms with van der Waals surface area (Å²) in [5.41, 5.74) is 10.4. The zero-order valence-electron chi connectivity index (χ0n) is 32.7. The van der Waals surface area contributed by atoms with Gasteiger partial charge in [-0.25, -0.2) is 4.57 Å². The van der Waals surface area contributed by atoms with Gasteiger partial charge in [-0.05, 0) is 65.4 Å². The zero-order chi connectivity index (χ0) is 35.8. The summed E-state index contributed by atoms with van der Waals surface area (Å²) in [7, 11) is 1.89. The highest BCUT2D eigenvalue weighted by atomic mass is 14.9. The number of aromatic nitrogens is 1. The van der Waals surface area contributed by atoms with Crippen LogP contribution in [0.25, 0.3) is 11.3 Å². The molecule has 1 nitrogen and oxygen atoms in total. The summed E-state index contributed by atoms with van der Waals surface area (Å²) in [6, 6.07) is 24.1. The van der Waals surface area contributed by atoms with Crippen LogP contribution in [0.2, 0.25) is 0 Å². The average Bonchev–Trinajstić information content (AvgIpc) is 3.00. The van der Waals surface area contributed by atoms with Crippen molar-refractivity contribution >= 4 is 46.2 Å². The van der Waals surface area contributed by atoms with Crippen LogP contribution in [0.1, 0.15) is 51.3 Å². The molecule has 0 spiro atoms. The molecule has 196 valence electrons. The van der Waals surface area contributed by atoms with Gasteiger partial charge in [-0.3, -0.25) is 0 Å². The molecular formula is C37H38B2N+. The first-order valence-electron chi connectivity index (χ1n) is 18.3. The fourth-order valence-electron chi connectivity index (χ4n) is 6.88. The molecular weight excluding hydrogens is 480 g/mol. The predicted molar refractivity (Wildman–Crippen MR) is 175 cm³/mol. The summed E-state index contributed by atoms with van der Waals surface area (Å²) < 4.78 is 78.9. The van der Waals surface area contributed by atoms with E-state index in [1.165, 1.54) is 18.2 Å². The third-order valence-corrected chi connectivity index (χ3v) is 8.71. The molecule has 5 aromatic rings. The second-order valence-electron chi connectivity index (χ2n) is 11.2. The Labute approximate surface area is 253 Å². The van der Waals surface area contributed by atoms with Gasteiger partial charge in [0.2, 0.25) is 19.1 Å². The van der Waals surface area contributed by atoms with Crippen LogP contribution in [0.15, 0.2) is 85.1 Å². The molecule has 0 N–H and O–H groups in total. The second kappa shape index (κ2) is 9.97. The van der Waals surface area contributed by atoms with Gasteiger partial charge in [-0.15, -0.1) is 0 Å². The van der Waals surface area contributed by atoms with Crippen molar-refractivity contribution in [1.29, 1.82) is 0 Å². The number of hydrogen-bond donors (Lipinski definition) is 0. The summed E-state index contributed by atoms with van der Waals surface area (Å²) in [4.78, 5) is 0. The number of nitrogens with zero attached hydrogens (tertiary/aromatic N) is 1. The first kappa shape index (κ1) is 17.8. The van der Waals surface area contributed by atoms with Gasteiger partial charge < -0.3 is 0 Å². The van der Waals surface area contributed by atoms with Crippen LogP contribution in [0.5, 0.6) is 0 Å². The van der Waals surface area contributed by atoms with Gasteiger partial charge >= 0.3 is 0 Å². The van der Waals surface area contributed by atoms with Crippen molar-refractivity contribution in [3.63, 3.8) is 0 Å². The molecule has 0 saturated heterocycles. The molecule has 40 heavy (non-hydrogen) atoms. The van der Waals surface area contributed by atoms with Crippen molar-refractivity contribution in [2.45, 2.75) is 48.3 Å². The van der Waals surface area contributed by atoms with Crippen LogP contribution in [0.4, 0.5) is 0 Å². The quantitative estimate of drug-likeness (QED) is 0.244. The number of benzene rings is 4. The Kier molecular flexibility index (Phi) is 4.43. The summed E-state index contributed by atoms with van der Waals surface area (Å²) in [6.45, 7) is -0.623. The van der Waals surface area contributed by atoms with Crippen LogP contribution in [-0.4, -0.2) is 13.4 Å².